The summed E-state index contributed by atoms with van der Waals surface area (Å²) >= 11 is 0. The van der Waals surface area contributed by atoms with Gasteiger partial charge >= 0.3 is 0 Å². The van der Waals surface area contributed by atoms with Crippen molar-refractivity contribution in [1.82, 2.24) is 5.32 Å². The fourth-order valence-corrected chi connectivity index (χ4v) is 2.24. The quantitative estimate of drug-likeness (QED) is 0.707. The van der Waals surface area contributed by atoms with E-state index in [0.717, 1.165) is 18.9 Å². The highest BCUT2D eigenvalue weighted by Crippen LogP contribution is 2.27. The number of hydrogen-bond donors (Lipinski definition) is 1. The fourth-order valence-electron chi connectivity index (χ4n) is 2.24. The van der Waals surface area contributed by atoms with Crippen LogP contribution in [0.3, 0.4) is 0 Å². The third kappa shape index (κ3) is 5.23. The Hall–Kier alpha value is -1.02. The molecule has 1 aromatic carbocycles. The Balaban J connectivity index is 2.50. The second-order valence-corrected chi connectivity index (χ2v) is 5.51. The topological polar surface area (TPSA) is 21.3 Å². The molecule has 0 atom stereocenters. The van der Waals surface area contributed by atoms with E-state index in [1.807, 2.05) is 0 Å². The van der Waals surface area contributed by atoms with Gasteiger partial charge in [-0.2, -0.15) is 0 Å². The van der Waals surface area contributed by atoms with Gasteiger partial charge in [0.15, 0.2) is 0 Å². The van der Waals surface area contributed by atoms with Gasteiger partial charge in [0.2, 0.25) is 0 Å². The second-order valence-electron chi connectivity index (χ2n) is 5.51. The van der Waals surface area contributed by atoms with Gasteiger partial charge in [-0.15, -0.1) is 0 Å². The molecule has 108 valence electrons. The Morgan fingerprint density at radius 2 is 1.84 bits per heavy atom. The van der Waals surface area contributed by atoms with Gasteiger partial charge in [-0.1, -0.05) is 39.8 Å². The summed E-state index contributed by atoms with van der Waals surface area (Å²) in [6.45, 7) is 12.6. The minimum atomic E-state index is 0.502. The maximum absolute atomic E-state index is 5.96. The first-order valence-electron chi connectivity index (χ1n) is 7.55. The molecule has 0 heterocycles. The second kappa shape index (κ2) is 8.21. The predicted octanol–water partition coefficient (Wildman–Crippen LogP) is 4.28. The zero-order chi connectivity index (χ0) is 14.3. The van der Waals surface area contributed by atoms with Crippen LogP contribution in [0.15, 0.2) is 18.2 Å². The molecule has 19 heavy (non-hydrogen) atoms. The van der Waals surface area contributed by atoms with Crippen molar-refractivity contribution in [3.8, 4) is 5.75 Å². The van der Waals surface area contributed by atoms with Crippen LogP contribution >= 0.6 is 0 Å². The van der Waals surface area contributed by atoms with Crippen molar-refractivity contribution in [3.05, 3.63) is 29.3 Å². The van der Waals surface area contributed by atoms with Gasteiger partial charge < -0.3 is 10.1 Å². The van der Waals surface area contributed by atoms with Gasteiger partial charge in [0.05, 0.1) is 0 Å². The van der Waals surface area contributed by atoms with Crippen molar-refractivity contribution in [2.24, 2.45) is 0 Å². The lowest BCUT2D eigenvalue weighted by atomic mass is 10.0. The predicted molar refractivity (Wildman–Crippen MR) is 83.1 cm³/mol. The van der Waals surface area contributed by atoms with Crippen LogP contribution in [0.25, 0.3) is 0 Å². The molecule has 1 aromatic rings. The van der Waals surface area contributed by atoms with E-state index >= 15 is 0 Å². The highest BCUT2D eigenvalue weighted by atomic mass is 16.5. The molecular weight excluding hydrogens is 234 g/mol. The molecule has 2 heteroatoms. The first-order chi connectivity index (χ1) is 9.08. The maximum atomic E-state index is 5.96. The van der Waals surface area contributed by atoms with E-state index in [4.69, 9.17) is 4.74 Å². The minimum Gasteiger partial charge on any atom is -0.492 e. The first kappa shape index (κ1) is 16.0. The van der Waals surface area contributed by atoms with Crippen molar-refractivity contribution in [2.75, 3.05) is 13.2 Å². The molecule has 0 aliphatic rings. The third-order valence-corrected chi connectivity index (χ3v) is 3.57. The van der Waals surface area contributed by atoms with Gasteiger partial charge in [-0.05, 0) is 42.9 Å². The van der Waals surface area contributed by atoms with Crippen molar-refractivity contribution < 1.29 is 4.74 Å². The molecule has 0 aliphatic carbocycles. The van der Waals surface area contributed by atoms with E-state index in [0.29, 0.717) is 12.0 Å². The first-order valence-corrected chi connectivity index (χ1v) is 7.55. The molecule has 0 amide bonds. The largest absolute Gasteiger partial charge is 0.492 e. The molecule has 0 saturated heterocycles. The van der Waals surface area contributed by atoms with Gasteiger partial charge in [-0.25, -0.2) is 0 Å². The normalized spacial score (nSPS) is 11.3. The maximum Gasteiger partial charge on any atom is 0.123 e. The van der Waals surface area contributed by atoms with E-state index in [1.54, 1.807) is 0 Å². The van der Waals surface area contributed by atoms with Crippen LogP contribution in [0.5, 0.6) is 5.75 Å². The summed E-state index contributed by atoms with van der Waals surface area (Å²) in [7, 11) is 0. The number of nitrogens with one attached hydrogen (secondary N) is 1. The van der Waals surface area contributed by atoms with Crippen molar-refractivity contribution >= 4 is 0 Å². The number of benzene rings is 1. The lowest BCUT2D eigenvalue weighted by Gasteiger charge is -2.17. The van der Waals surface area contributed by atoms with E-state index in [1.165, 1.54) is 24.0 Å². The van der Waals surface area contributed by atoms with E-state index < -0.39 is 0 Å². The van der Waals surface area contributed by atoms with Crippen LogP contribution in [0.1, 0.15) is 57.6 Å². The summed E-state index contributed by atoms with van der Waals surface area (Å²) in [6.07, 6.45) is 2.36. The average molecular weight is 263 g/mol. The SMILES string of the molecule is CCC(CC)NCCOc1cc(C)ccc1C(C)C. The summed E-state index contributed by atoms with van der Waals surface area (Å²) in [4.78, 5) is 0. The highest BCUT2D eigenvalue weighted by molar-refractivity contribution is 5.39. The molecule has 0 bridgehead atoms. The molecule has 0 spiro atoms. The Labute approximate surface area is 118 Å². The summed E-state index contributed by atoms with van der Waals surface area (Å²) in [5, 5.41) is 3.53. The molecule has 1 N–H and O–H groups in total. The van der Waals surface area contributed by atoms with Gasteiger partial charge in [0.1, 0.15) is 12.4 Å². The van der Waals surface area contributed by atoms with E-state index in [2.05, 4.69) is 58.1 Å². The van der Waals surface area contributed by atoms with Gasteiger partial charge in [-0.3, -0.25) is 0 Å². The summed E-state index contributed by atoms with van der Waals surface area (Å²) in [5.41, 5.74) is 2.56. The molecular formula is C17H29NO. The number of aryl methyl sites for hydroxylation is 1. The molecule has 0 saturated carbocycles. The fraction of sp³-hybridized carbons (Fsp3) is 0.647. The molecule has 0 radical (unpaired) electrons. The van der Waals surface area contributed by atoms with Crippen LogP contribution in [0, 0.1) is 6.92 Å². The van der Waals surface area contributed by atoms with E-state index in [9.17, 15) is 0 Å². The van der Waals surface area contributed by atoms with Gasteiger partial charge in [0, 0.05) is 12.6 Å². The lowest BCUT2D eigenvalue weighted by molar-refractivity contribution is 0.298. The van der Waals surface area contributed by atoms with Crippen LogP contribution < -0.4 is 10.1 Å². The number of rotatable bonds is 8. The molecule has 0 aliphatic heterocycles. The number of ether oxygens (including phenoxy) is 1. The summed E-state index contributed by atoms with van der Waals surface area (Å²) in [5.74, 6) is 1.55. The molecule has 0 fully saturated rings. The standard InChI is InChI=1S/C17H29NO/c1-6-15(7-2)18-10-11-19-17-12-14(5)8-9-16(17)13(3)4/h8-9,12-13,15,18H,6-7,10-11H2,1-5H3. The van der Waals surface area contributed by atoms with Crippen molar-refractivity contribution in [3.63, 3.8) is 0 Å². The molecule has 2 nitrogen and oxygen atoms in total. The van der Waals surface area contributed by atoms with Crippen LogP contribution in [0.2, 0.25) is 0 Å². The average Bonchev–Trinajstić information content (AvgIpc) is 2.38. The van der Waals surface area contributed by atoms with Crippen LogP contribution in [-0.2, 0) is 0 Å². The molecule has 1 rings (SSSR count). The van der Waals surface area contributed by atoms with Crippen LogP contribution in [-0.4, -0.2) is 19.2 Å². The zero-order valence-electron chi connectivity index (χ0n) is 13.1. The Morgan fingerprint density at radius 3 is 2.42 bits per heavy atom. The Morgan fingerprint density at radius 1 is 1.16 bits per heavy atom. The van der Waals surface area contributed by atoms with E-state index in [-0.39, 0.29) is 0 Å². The third-order valence-electron chi connectivity index (χ3n) is 3.57. The Bertz CT molecular complexity index is 370. The summed E-state index contributed by atoms with van der Waals surface area (Å²) < 4.78 is 5.96. The van der Waals surface area contributed by atoms with Crippen LogP contribution in [0.4, 0.5) is 0 Å². The van der Waals surface area contributed by atoms with Crippen molar-refractivity contribution in [1.29, 1.82) is 0 Å². The monoisotopic (exact) mass is 263 g/mol. The molecule has 0 aromatic heterocycles. The Kier molecular flexibility index (Phi) is 6.93. The van der Waals surface area contributed by atoms with Crippen molar-refractivity contribution in [2.45, 2.75) is 59.4 Å². The summed E-state index contributed by atoms with van der Waals surface area (Å²) in [6, 6.07) is 7.10. The molecule has 0 unspecified atom stereocenters. The smallest absolute Gasteiger partial charge is 0.123 e. The zero-order valence-corrected chi connectivity index (χ0v) is 13.1. The lowest BCUT2D eigenvalue weighted by Crippen LogP contribution is -2.31. The minimum absolute atomic E-state index is 0.502. The highest BCUT2D eigenvalue weighted by Gasteiger charge is 2.08. The number of hydrogen-bond acceptors (Lipinski definition) is 2. The van der Waals surface area contributed by atoms with Gasteiger partial charge in [0.25, 0.3) is 0 Å².